The highest BCUT2D eigenvalue weighted by molar-refractivity contribution is 5.88. The third-order valence-corrected chi connectivity index (χ3v) is 2.70. The highest BCUT2D eigenvalue weighted by Crippen LogP contribution is 2.27. The number of phenols is 1. The highest BCUT2D eigenvalue weighted by Gasteiger charge is 2.05. The summed E-state index contributed by atoms with van der Waals surface area (Å²) in [6, 6.07) is 7.57. The van der Waals surface area contributed by atoms with E-state index < -0.39 is 0 Å². The smallest absolute Gasteiger partial charge is 0.141 e. The Hall–Kier alpha value is -1.57. The van der Waals surface area contributed by atoms with Gasteiger partial charge in [-0.05, 0) is 30.5 Å². The lowest BCUT2D eigenvalue weighted by Crippen LogP contribution is -1.87. The lowest BCUT2D eigenvalue weighted by Gasteiger charge is -2.06. The Labute approximate surface area is 96.0 Å². The predicted octanol–water partition coefficient (Wildman–Crippen LogP) is 3.68. The number of nitrogens with zero attached hydrogens (tertiary/aromatic N) is 1. The maximum Gasteiger partial charge on any atom is 0.141 e. The van der Waals surface area contributed by atoms with Crippen molar-refractivity contribution in [3.63, 3.8) is 0 Å². The summed E-state index contributed by atoms with van der Waals surface area (Å²) in [6.07, 6.45) is 7.39. The van der Waals surface area contributed by atoms with E-state index in [1.807, 2.05) is 18.2 Å². The van der Waals surface area contributed by atoms with Crippen LogP contribution in [-0.2, 0) is 0 Å². The monoisotopic (exact) mass is 214 g/mol. The predicted molar refractivity (Wildman–Crippen MR) is 66.3 cm³/mol. The Bertz CT molecular complexity index is 479. The van der Waals surface area contributed by atoms with Gasteiger partial charge in [0.25, 0.3) is 0 Å². The van der Waals surface area contributed by atoms with Gasteiger partial charge in [0.05, 0.1) is 0 Å². The van der Waals surface area contributed by atoms with Crippen molar-refractivity contribution in [2.45, 2.75) is 26.2 Å². The van der Waals surface area contributed by atoms with Crippen molar-refractivity contribution >= 4 is 10.9 Å². The van der Waals surface area contributed by atoms with Crippen LogP contribution in [-0.4, -0.2) is 10.1 Å². The molecule has 1 N–H and O–H groups in total. The molecule has 2 nitrogen and oxygen atoms in total. The summed E-state index contributed by atoms with van der Waals surface area (Å²) in [4.78, 5) is 4.20. The van der Waals surface area contributed by atoms with E-state index in [-0.39, 0.29) is 5.75 Å². The molecule has 0 fully saturated rings. The molecule has 1 heterocycles. The number of phenolic OH excluding ortho intramolecular Hbond substituents is 1. The average molecular weight is 214 g/mol. The molecule has 0 bridgehead atoms. The second-order valence-corrected chi connectivity index (χ2v) is 3.92. The van der Waals surface area contributed by atoms with Gasteiger partial charge in [0, 0.05) is 11.6 Å². The summed E-state index contributed by atoms with van der Waals surface area (Å²) in [5.41, 5.74) is 1.85. The summed E-state index contributed by atoms with van der Waals surface area (Å²) >= 11 is 0. The van der Waals surface area contributed by atoms with Gasteiger partial charge in [0.1, 0.15) is 11.3 Å². The summed E-state index contributed by atoms with van der Waals surface area (Å²) in [5.74, 6) is 0.253. The Balaban J connectivity index is 2.35. The molecule has 0 unspecified atom stereocenters. The third-order valence-electron chi connectivity index (χ3n) is 2.70. The molecule has 1 aromatic carbocycles. The molecule has 0 atom stereocenters. The van der Waals surface area contributed by atoms with Crippen LogP contribution >= 0.6 is 0 Å². The number of hydrogen-bond donors (Lipinski definition) is 1. The number of rotatable bonds is 4. The zero-order chi connectivity index (χ0) is 11.4. The zero-order valence-corrected chi connectivity index (χ0v) is 9.48. The molecule has 83 valence electrons. The Morgan fingerprint density at radius 3 is 3.00 bits per heavy atom. The van der Waals surface area contributed by atoms with Crippen LogP contribution in [0.1, 0.15) is 31.7 Å². The quantitative estimate of drug-likeness (QED) is 0.787. The molecular weight excluding hydrogens is 198 g/mol. The van der Waals surface area contributed by atoms with Crippen LogP contribution in [0.4, 0.5) is 0 Å². The van der Waals surface area contributed by atoms with E-state index in [2.05, 4.69) is 18.3 Å². The van der Waals surface area contributed by atoms with E-state index in [0.717, 1.165) is 17.4 Å². The SMILES string of the molecule is CCCC[CH]c1ccc(O)c2ncccc12. The number of unbranched alkanes of at least 4 members (excludes halogenated alkanes) is 2. The largest absolute Gasteiger partial charge is 0.506 e. The zero-order valence-electron chi connectivity index (χ0n) is 9.48. The van der Waals surface area contributed by atoms with Gasteiger partial charge >= 0.3 is 0 Å². The number of pyridine rings is 1. The second kappa shape index (κ2) is 4.97. The molecule has 1 radical (unpaired) electrons. The van der Waals surface area contributed by atoms with Crippen molar-refractivity contribution in [3.05, 3.63) is 42.4 Å². The maximum absolute atomic E-state index is 9.69. The number of aromatic nitrogens is 1. The lowest BCUT2D eigenvalue weighted by atomic mass is 10.0. The van der Waals surface area contributed by atoms with E-state index in [1.165, 1.54) is 12.8 Å². The lowest BCUT2D eigenvalue weighted by molar-refractivity contribution is 0.480. The van der Waals surface area contributed by atoms with Crippen molar-refractivity contribution < 1.29 is 5.11 Å². The van der Waals surface area contributed by atoms with Crippen LogP contribution in [0.5, 0.6) is 5.75 Å². The number of benzene rings is 1. The molecule has 0 aliphatic heterocycles. The minimum Gasteiger partial charge on any atom is -0.506 e. The van der Waals surface area contributed by atoms with Crippen molar-refractivity contribution in [2.24, 2.45) is 0 Å². The first-order valence-corrected chi connectivity index (χ1v) is 5.73. The number of hydrogen-bond acceptors (Lipinski definition) is 2. The fraction of sp³-hybridized carbons (Fsp3) is 0.286. The second-order valence-electron chi connectivity index (χ2n) is 3.92. The van der Waals surface area contributed by atoms with Crippen LogP contribution in [0.2, 0.25) is 0 Å². The minimum atomic E-state index is 0.253. The normalized spacial score (nSPS) is 10.8. The van der Waals surface area contributed by atoms with Crippen molar-refractivity contribution in [2.75, 3.05) is 0 Å². The summed E-state index contributed by atoms with van der Waals surface area (Å²) < 4.78 is 0. The molecule has 0 amide bonds. The van der Waals surface area contributed by atoms with Crippen molar-refractivity contribution in [1.29, 1.82) is 0 Å². The number of aromatic hydroxyl groups is 1. The summed E-state index contributed by atoms with van der Waals surface area (Å²) in [6.45, 7) is 2.18. The molecule has 0 saturated heterocycles. The van der Waals surface area contributed by atoms with E-state index in [9.17, 15) is 5.11 Å². The van der Waals surface area contributed by atoms with Crippen LogP contribution in [0.15, 0.2) is 30.5 Å². The van der Waals surface area contributed by atoms with Crippen LogP contribution in [0.3, 0.4) is 0 Å². The third kappa shape index (κ3) is 2.16. The van der Waals surface area contributed by atoms with Gasteiger partial charge < -0.3 is 5.11 Å². The standard InChI is InChI=1S/C14H16NO/c1-2-3-4-6-11-8-9-13(16)14-12(11)7-5-10-15-14/h5-10,16H,2-4H2,1H3. The fourth-order valence-electron chi connectivity index (χ4n) is 1.82. The highest BCUT2D eigenvalue weighted by atomic mass is 16.3. The molecule has 2 aromatic rings. The molecule has 2 heteroatoms. The van der Waals surface area contributed by atoms with E-state index in [0.29, 0.717) is 5.52 Å². The van der Waals surface area contributed by atoms with Crippen LogP contribution in [0.25, 0.3) is 10.9 Å². The van der Waals surface area contributed by atoms with E-state index >= 15 is 0 Å². The van der Waals surface area contributed by atoms with Crippen LogP contribution < -0.4 is 0 Å². The molecule has 1 aromatic heterocycles. The van der Waals surface area contributed by atoms with E-state index in [1.54, 1.807) is 12.3 Å². The van der Waals surface area contributed by atoms with Crippen molar-refractivity contribution in [3.8, 4) is 5.75 Å². The first-order valence-electron chi connectivity index (χ1n) is 5.73. The molecule has 2 rings (SSSR count). The molecule has 16 heavy (non-hydrogen) atoms. The molecule has 0 aliphatic carbocycles. The molecule has 0 spiro atoms. The van der Waals surface area contributed by atoms with Gasteiger partial charge in [-0.2, -0.15) is 0 Å². The van der Waals surface area contributed by atoms with Gasteiger partial charge in [-0.1, -0.05) is 31.9 Å². The topological polar surface area (TPSA) is 33.1 Å². The number of fused-ring (bicyclic) bond motifs is 1. The molecule has 0 aliphatic rings. The Morgan fingerprint density at radius 2 is 2.19 bits per heavy atom. The van der Waals surface area contributed by atoms with Gasteiger partial charge in [0.2, 0.25) is 0 Å². The molecular formula is C14H16NO. The van der Waals surface area contributed by atoms with E-state index in [4.69, 9.17) is 0 Å². The fourth-order valence-corrected chi connectivity index (χ4v) is 1.82. The van der Waals surface area contributed by atoms with Gasteiger partial charge in [-0.15, -0.1) is 0 Å². The first kappa shape index (κ1) is 10.9. The Morgan fingerprint density at radius 1 is 1.31 bits per heavy atom. The minimum absolute atomic E-state index is 0.253. The average Bonchev–Trinajstić information content (AvgIpc) is 2.33. The van der Waals surface area contributed by atoms with Crippen LogP contribution in [0, 0.1) is 6.42 Å². The van der Waals surface area contributed by atoms with Gasteiger partial charge in [-0.3, -0.25) is 4.98 Å². The Kier molecular flexibility index (Phi) is 3.40. The van der Waals surface area contributed by atoms with Gasteiger partial charge in [-0.25, -0.2) is 0 Å². The van der Waals surface area contributed by atoms with Crippen molar-refractivity contribution in [1.82, 2.24) is 4.98 Å². The summed E-state index contributed by atoms with van der Waals surface area (Å²) in [7, 11) is 0. The molecule has 0 saturated carbocycles. The maximum atomic E-state index is 9.69. The van der Waals surface area contributed by atoms with Gasteiger partial charge in [0.15, 0.2) is 0 Å². The summed E-state index contributed by atoms with van der Waals surface area (Å²) in [5, 5.41) is 10.7. The first-order chi connectivity index (χ1) is 7.83.